The highest BCUT2D eigenvalue weighted by Gasteiger charge is 2.17. The predicted octanol–water partition coefficient (Wildman–Crippen LogP) is 1.52. The summed E-state index contributed by atoms with van der Waals surface area (Å²) < 4.78 is 0. The van der Waals surface area contributed by atoms with E-state index in [0.29, 0.717) is 17.5 Å². The first-order chi connectivity index (χ1) is 9.01. The lowest BCUT2D eigenvalue weighted by Crippen LogP contribution is -2.39. The number of nitrogens with one attached hydrogen (secondary N) is 2. The fourth-order valence-electron chi connectivity index (χ4n) is 1.49. The summed E-state index contributed by atoms with van der Waals surface area (Å²) >= 11 is 1.46. The highest BCUT2D eigenvalue weighted by molar-refractivity contribution is 7.98. The van der Waals surface area contributed by atoms with Crippen LogP contribution in [-0.4, -0.2) is 53.7 Å². The van der Waals surface area contributed by atoms with E-state index in [1.165, 1.54) is 11.8 Å². The van der Waals surface area contributed by atoms with Gasteiger partial charge in [-0.15, -0.1) is 0 Å². The normalized spacial score (nSPS) is 11.8. The number of aromatic nitrogens is 2. The van der Waals surface area contributed by atoms with Gasteiger partial charge in [-0.05, 0) is 20.1 Å². The summed E-state index contributed by atoms with van der Waals surface area (Å²) in [5.41, 5.74) is 0. The van der Waals surface area contributed by atoms with Crippen LogP contribution in [0.25, 0.3) is 0 Å². The maximum Gasteiger partial charge on any atom is 0.244 e. The van der Waals surface area contributed by atoms with Crippen molar-refractivity contribution in [3.63, 3.8) is 0 Å². The summed E-state index contributed by atoms with van der Waals surface area (Å²) in [5.74, 6) is 1.41. The van der Waals surface area contributed by atoms with E-state index in [4.69, 9.17) is 0 Å². The van der Waals surface area contributed by atoms with Crippen molar-refractivity contribution in [3.05, 3.63) is 6.07 Å². The second-order valence-corrected chi connectivity index (χ2v) is 4.87. The number of rotatable bonds is 6. The molecule has 0 spiro atoms. The van der Waals surface area contributed by atoms with Gasteiger partial charge in [0, 0.05) is 26.7 Å². The molecule has 7 heteroatoms. The second-order valence-electron chi connectivity index (χ2n) is 4.09. The smallest absolute Gasteiger partial charge is 0.244 e. The maximum atomic E-state index is 12.0. The molecular weight excluding hydrogens is 262 g/mol. The molecule has 0 aliphatic carbocycles. The molecule has 1 heterocycles. The number of likely N-dealkylation sites (N-methyl/N-ethyl adjacent to an activating group) is 1. The first-order valence-electron chi connectivity index (χ1n) is 6.14. The number of hydrogen-bond acceptors (Lipinski definition) is 6. The van der Waals surface area contributed by atoms with Crippen LogP contribution in [0.15, 0.2) is 11.2 Å². The van der Waals surface area contributed by atoms with Gasteiger partial charge in [0.25, 0.3) is 0 Å². The van der Waals surface area contributed by atoms with E-state index in [1.54, 1.807) is 25.1 Å². The molecule has 1 aromatic rings. The lowest BCUT2D eigenvalue weighted by atomic mass is 10.3. The van der Waals surface area contributed by atoms with Crippen LogP contribution >= 0.6 is 11.8 Å². The molecule has 0 saturated carbocycles. The average Bonchev–Trinajstić information content (AvgIpc) is 2.44. The van der Waals surface area contributed by atoms with Crippen LogP contribution in [0, 0.1) is 0 Å². The number of carbonyl (C=O) groups excluding carboxylic acids is 1. The highest BCUT2D eigenvalue weighted by atomic mass is 32.2. The SMILES string of the molecule is CCN(C)C(=O)C(C)Nc1cc(NC)nc(SC)n1. The van der Waals surface area contributed by atoms with Gasteiger partial charge in [0.05, 0.1) is 0 Å². The third kappa shape index (κ3) is 4.27. The van der Waals surface area contributed by atoms with Gasteiger partial charge in [-0.2, -0.15) is 0 Å². The van der Waals surface area contributed by atoms with Crippen molar-refractivity contribution in [1.29, 1.82) is 0 Å². The summed E-state index contributed by atoms with van der Waals surface area (Å²) in [5, 5.41) is 6.75. The molecule has 19 heavy (non-hydrogen) atoms. The minimum Gasteiger partial charge on any atom is -0.373 e. The van der Waals surface area contributed by atoms with Crippen molar-refractivity contribution in [3.8, 4) is 0 Å². The number of carbonyl (C=O) groups is 1. The monoisotopic (exact) mass is 283 g/mol. The molecule has 0 radical (unpaired) electrons. The molecule has 1 atom stereocenters. The molecule has 0 saturated heterocycles. The summed E-state index contributed by atoms with van der Waals surface area (Å²) in [6.45, 7) is 4.46. The maximum absolute atomic E-state index is 12.0. The van der Waals surface area contributed by atoms with Gasteiger partial charge in [-0.3, -0.25) is 4.79 Å². The van der Waals surface area contributed by atoms with Crippen LogP contribution in [0.1, 0.15) is 13.8 Å². The molecule has 106 valence electrons. The number of anilines is 2. The Bertz CT molecular complexity index is 418. The van der Waals surface area contributed by atoms with E-state index in [-0.39, 0.29) is 11.9 Å². The Morgan fingerprint density at radius 3 is 2.63 bits per heavy atom. The zero-order chi connectivity index (χ0) is 14.4. The Morgan fingerprint density at radius 1 is 1.47 bits per heavy atom. The van der Waals surface area contributed by atoms with Crippen LogP contribution in [0.4, 0.5) is 11.6 Å². The minimum atomic E-state index is -0.320. The Morgan fingerprint density at radius 2 is 2.11 bits per heavy atom. The first kappa shape index (κ1) is 15.6. The fourth-order valence-corrected chi connectivity index (χ4v) is 1.87. The molecule has 0 fully saturated rings. The molecular formula is C12H21N5OS. The summed E-state index contributed by atoms with van der Waals surface area (Å²) in [6, 6.07) is 1.47. The van der Waals surface area contributed by atoms with E-state index in [9.17, 15) is 4.79 Å². The molecule has 1 amide bonds. The zero-order valence-electron chi connectivity index (χ0n) is 12.0. The quantitative estimate of drug-likeness (QED) is 0.609. The number of hydrogen-bond donors (Lipinski definition) is 2. The van der Waals surface area contributed by atoms with Crippen LogP contribution in [0.5, 0.6) is 0 Å². The standard InChI is InChI=1S/C12H21N5OS/c1-6-17(4)11(18)8(2)14-10-7-9(13-3)15-12(16-10)19-5/h7-8H,6H2,1-5H3,(H2,13,14,15,16). The summed E-state index contributed by atoms with van der Waals surface area (Å²) in [7, 11) is 3.59. The molecule has 1 aromatic heterocycles. The minimum absolute atomic E-state index is 0.0396. The van der Waals surface area contributed by atoms with Gasteiger partial charge >= 0.3 is 0 Å². The lowest BCUT2D eigenvalue weighted by molar-refractivity contribution is -0.130. The number of thioether (sulfide) groups is 1. The van der Waals surface area contributed by atoms with Gasteiger partial charge in [0.2, 0.25) is 5.91 Å². The molecule has 0 aliphatic rings. The third-order valence-electron chi connectivity index (χ3n) is 2.73. The van der Waals surface area contributed by atoms with Crippen molar-refractivity contribution in [2.45, 2.75) is 25.0 Å². The molecule has 0 aliphatic heterocycles. The third-order valence-corrected chi connectivity index (χ3v) is 3.28. The fraction of sp³-hybridized carbons (Fsp3) is 0.583. The number of nitrogens with zero attached hydrogens (tertiary/aromatic N) is 3. The van der Waals surface area contributed by atoms with E-state index in [1.807, 2.05) is 20.1 Å². The van der Waals surface area contributed by atoms with Crippen molar-refractivity contribution in [2.75, 3.05) is 37.5 Å². The van der Waals surface area contributed by atoms with Crippen LogP contribution < -0.4 is 10.6 Å². The van der Waals surface area contributed by atoms with E-state index < -0.39 is 0 Å². The Hall–Kier alpha value is -1.50. The van der Waals surface area contributed by atoms with E-state index in [0.717, 1.165) is 5.82 Å². The van der Waals surface area contributed by atoms with Gasteiger partial charge in [0.15, 0.2) is 5.16 Å². The van der Waals surface area contributed by atoms with Crippen molar-refractivity contribution < 1.29 is 4.79 Å². The van der Waals surface area contributed by atoms with Crippen LogP contribution in [0.3, 0.4) is 0 Å². The summed E-state index contributed by atoms with van der Waals surface area (Å²) in [4.78, 5) is 22.3. The van der Waals surface area contributed by atoms with Gasteiger partial charge in [-0.25, -0.2) is 9.97 Å². The van der Waals surface area contributed by atoms with E-state index >= 15 is 0 Å². The van der Waals surface area contributed by atoms with Crippen LogP contribution in [-0.2, 0) is 4.79 Å². The van der Waals surface area contributed by atoms with Crippen molar-refractivity contribution >= 4 is 29.3 Å². The Kier molecular flexibility index (Phi) is 5.88. The van der Waals surface area contributed by atoms with Gasteiger partial charge < -0.3 is 15.5 Å². The Labute approximate surface area is 118 Å². The topological polar surface area (TPSA) is 70.2 Å². The largest absolute Gasteiger partial charge is 0.373 e. The van der Waals surface area contributed by atoms with Crippen molar-refractivity contribution in [2.24, 2.45) is 0 Å². The van der Waals surface area contributed by atoms with Crippen molar-refractivity contribution in [1.82, 2.24) is 14.9 Å². The molecule has 0 bridgehead atoms. The highest BCUT2D eigenvalue weighted by Crippen LogP contribution is 2.17. The average molecular weight is 283 g/mol. The molecule has 0 aromatic carbocycles. The van der Waals surface area contributed by atoms with Gasteiger partial charge in [-0.1, -0.05) is 11.8 Å². The molecule has 1 unspecified atom stereocenters. The van der Waals surface area contributed by atoms with Gasteiger partial charge in [0.1, 0.15) is 17.7 Å². The van der Waals surface area contributed by atoms with E-state index in [2.05, 4.69) is 20.6 Å². The molecule has 1 rings (SSSR count). The lowest BCUT2D eigenvalue weighted by Gasteiger charge is -2.21. The number of amides is 1. The first-order valence-corrected chi connectivity index (χ1v) is 7.36. The summed E-state index contributed by atoms with van der Waals surface area (Å²) in [6.07, 6.45) is 1.91. The molecule has 2 N–H and O–H groups in total. The van der Waals surface area contributed by atoms with Crippen LogP contribution in [0.2, 0.25) is 0 Å². The predicted molar refractivity (Wildman–Crippen MR) is 79.8 cm³/mol. The zero-order valence-corrected chi connectivity index (χ0v) is 12.8. The Balaban J connectivity index is 2.83. The molecule has 6 nitrogen and oxygen atoms in total. The second kappa shape index (κ2) is 7.18.